The Kier molecular flexibility index (Phi) is 7.70. The lowest BCUT2D eigenvalue weighted by atomic mass is 10.1. The van der Waals surface area contributed by atoms with E-state index in [1.165, 1.54) is 0 Å². The highest BCUT2D eigenvalue weighted by Gasteiger charge is 2.18. The van der Waals surface area contributed by atoms with Gasteiger partial charge in [0.15, 0.2) is 5.76 Å². The number of benzene rings is 1. The van der Waals surface area contributed by atoms with Crippen molar-refractivity contribution in [2.75, 3.05) is 13.1 Å². The molecule has 0 aliphatic carbocycles. The van der Waals surface area contributed by atoms with Crippen molar-refractivity contribution in [3.05, 3.63) is 83.1 Å². The quantitative estimate of drug-likeness (QED) is 0.519. The van der Waals surface area contributed by atoms with Gasteiger partial charge in [-0.3, -0.25) is 9.59 Å². The second-order valence-corrected chi connectivity index (χ2v) is 7.74. The van der Waals surface area contributed by atoms with E-state index in [4.69, 9.17) is 4.42 Å². The number of aryl methyl sites for hydroxylation is 1. The third-order valence-corrected chi connectivity index (χ3v) is 5.10. The van der Waals surface area contributed by atoms with Gasteiger partial charge in [0, 0.05) is 30.5 Å². The van der Waals surface area contributed by atoms with E-state index >= 15 is 0 Å². The Balaban J connectivity index is 1.71. The van der Waals surface area contributed by atoms with Crippen molar-refractivity contribution in [3.8, 4) is 0 Å². The van der Waals surface area contributed by atoms with Crippen LogP contribution in [0.15, 0.2) is 59.1 Å². The molecular weight excluding hydrogens is 390 g/mol. The van der Waals surface area contributed by atoms with Crippen LogP contribution in [0.25, 0.3) is 0 Å². The second-order valence-electron chi connectivity index (χ2n) is 7.74. The van der Waals surface area contributed by atoms with Gasteiger partial charge in [-0.15, -0.1) is 0 Å². The van der Waals surface area contributed by atoms with Crippen LogP contribution in [0, 0.1) is 6.92 Å². The van der Waals surface area contributed by atoms with Crippen molar-refractivity contribution in [2.24, 2.45) is 0 Å². The summed E-state index contributed by atoms with van der Waals surface area (Å²) in [6.07, 6.45) is 3.73. The van der Waals surface area contributed by atoms with Crippen LogP contribution < -0.4 is 5.32 Å². The molecule has 0 saturated heterocycles. The Morgan fingerprint density at radius 2 is 1.81 bits per heavy atom. The van der Waals surface area contributed by atoms with Gasteiger partial charge in [-0.1, -0.05) is 31.5 Å². The highest BCUT2D eigenvalue weighted by atomic mass is 16.4. The highest BCUT2D eigenvalue weighted by Crippen LogP contribution is 2.16. The monoisotopic (exact) mass is 421 g/mol. The number of nitrogens with zero attached hydrogens (tertiary/aromatic N) is 2. The molecule has 1 aromatic carbocycles. The molecule has 1 N–H and O–H groups in total. The van der Waals surface area contributed by atoms with Crippen LogP contribution in [-0.2, 0) is 13.1 Å². The summed E-state index contributed by atoms with van der Waals surface area (Å²) >= 11 is 0. The number of carbonyl (C=O) groups excluding carboxylic acids is 2. The number of aromatic nitrogens is 1. The van der Waals surface area contributed by atoms with Crippen LogP contribution in [0.1, 0.15) is 64.6 Å². The van der Waals surface area contributed by atoms with Crippen LogP contribution in [0.5, 0.6) is 0 Å². The summed E-state index contributed by atoms with van der Waals surface area (Å²) in [5.41, 5.74) is 2.85. The molecule has 2 aromatic heterocycles. The molecule has 2 heterocycles. The molecule has 0 fully saturated rings. The van der Waals surface area contributed by atoms with Crippen molar-refractivity contribution in [2.45, 2.75) is 46.7 Å². The summed E-state index contributed by atoms with van der Waals surface area (Å²) < 4.78 is 7.79. The molecule has 6 heteroatoms. The number of nitrogens with one attached hydrogen (secondary N) is 1. The lowest BCUT2D eigenvalue weighted by Gasteiger charge is -2.23. The molecule has 0 radical (unpaired) electrons. The van der Waals surface area contributed by atoms with Gasteiger partial charge in [-0.25, -0.2) is 0 Å². The standard InChI is InChI=1S/C25H31N3O3/c1-4-14-26-24(29)23-13-12-22(31-23)18-27-16-6-7-21(27)17-28(15-5-2)25(30)20-10-8-19(3)9-11-20/h6-13,16H,4-5,14-15,17-18H2,1-3H3,(H,26,29). The van der Waals surface area contributed by atoms with Crippen molar-refractivity contribution >= 4 is 11.8 Å². The third kappa shape index (κ3) is 5.87. The zero-order valence-corrected chi connectivity index (χ0v) is 18.6. The molecule has 0 unspecified atom stereocenters. The molecule has 0 spiro atoms. The lowest BCUT2D eigenvalue weighted by Crippen LogP contribution is -2.32. The van der Waals surface area contributed by atoms with Crippen LogP contribution >= 0.6 is 0 Å². The second kappa shape index (κ2) is 10.7. The van der Waals surface area contributed by atoms with Gasteiger partial charge in [0.25, 0.3) is 11.8 Å². The van der Waals surface area contributed by atoms with Crippen molar-refractivity contribution < 1.29 is 14.0 Å². The zero-order valence-electron chi connectivity index (χ0n) is 18.6. The average molecular weight is 422 g/mol. The number of hydrogen-bond acceptors (Lipinski definition) is 3. The maximum Gasteiger partial charge on any atom is 0.286 e. The van der Waals surface area contributed by atoms with Gasteiger partial charge in [0.2, 0.25) is 0 Å². The minimum Gasteiger partial charge on any atom is -0.454 e. The van der Waals surface area contributed by atoms with Gasteiger partial charge < -0.3 is 19.2 Å². The predicted molar refractivity (Wildman–Crippen MR) is 121 cm³/mol. The molecule has 3 aromatic rings. The Bertz CT molecular complexity index is 1000. The van der Waals surface area contributed by atoms with Crippen molar-refractivity contribution in [1.29, 1.82) is 0 Å². The maximum absolute atomic E-state index is 13.1. The molecule has 3 rings (SSSR count). The molecular formula is C25H31N3O3. The van der Waals surface area contributed by atoms with E-state index in [0.717, 1.165) is 24.1 Å². The first-order valence-electron chi connectivity index (χ1n) is 10.9. The number of carbonyl (C=O) groups is 2. The number of amides is 2. The molecule has 0 saturated carbocycles. The van der Waals surface area contributed by atoms with E-state index in [-0.39, 0.29) is 11.8 Å². The van der Waals surface area contributed by atoms with Crippen LogP contribution in [0.2, 0.25) is 0 Å². The van der Waals surface area contributed by atoms with Gasteiger partial charge in [-0.2, -0.15) is 0 Å². The van der Waals surface area contributed by atoms with Crippen LogP contribution in [-0.4, -0.2) is 34.4 Å². The van der Waals surface area contributed by atoms with Crippen molar-refractivity contribution in [3.63, 3.8) is 0 Å². The Morgan fingerprint density at radius 1 is 1.03 bits per heavy atom. The first-order valence-corrected chi connectivity index (χ1v) is 10.9. The summed E-state index contributed by atoms with van der Waals surface area (Å²) in [5, 5.41) is 2.82. The van der Waals surface area contributed by atoms with Gasteiger partial charge in [-0.05, 0) is 56.2 Å². The van der Waals surface area contributed by atoms with Crippen LogP contribution in [0.3, 0.4) is 0 Å². The molecule has 0 aliphatic heterocycles. The first-order chi connectivity index (χ1) is 15.0. The van der Waals surface area contributed by atoms with Crippen molar-refractivity contribution in [1.82, 2.24) is 14.8 Å². The lowest BCUT2D eigenvalue weighted by molar-refractivity contribution is 0.0739. The fraction of sp³-hybridized carbons (Fsp3) is 0.360. The van der Waals surface area contributed by atoms with E-state index in [9.17, 15) is 9.59 Å². The number of rotatable bonds is 10. The molecule has 0 atom stereocenters. The molecule has 6 nitrogen and oxygen atoms in total. The number of hydrogen-bond donors (Lipinski definition) is 1. The SMILES string of the molecule is CCCNC(=O)c1ccc(Cn2cccc2CN(CCC)C(=O)c2ccc(C)cc2)o1. The Hall–Kier alpha value is -3.28. The first kappa shape index (κ1) is 22.4. The smallest absolute Gasteiger partial charge is 0.286 e. The molecule has 2 amide bonds. The minimum atomic E-state index is -0.196. The summed E-state index contributed by atoms with van der Waals surface area (Å²) in [6, 6.07) is 15.2. The topological polar surface area (TPSA) is 67.5 Å². The number of furan rings is 1. The molecule has 31 heavy (non-hydrogen) atoms. The van der Waals surface area contributed by atoms with Crippen LogP contribution in [0.4, 0.5) is 0 Å². The maximum atomic E-state index is 13.1. The summed E-state index contributed by atoms with van der Waals surface area (Å²) in [7, 11) is 0. The van der Waals surface area contributed by atoms with E-state index in [2.05, 4.69) is 16.8 Å². The normalized spacial score (nSPS) is 10.8. The van der Waals surface area contributed by atoms with Gasteiger partial charge >= 0.3 is 0 Å². The van der Waals surface area contributed by atoms with Gasteiger partial charge in [0.1, 0.15) is 5.76 Å². The molecule has 164 valence electrons. The summed E-state index contributed by atoms with van der Waals surface area (Å²) in [5.74, 6) is 0.853. The van der Waals surface area contributed by atoms with E-state index in [1.54, 1.807) is 6.07 Å². The Morgan fingerprint density at radius 3 is 2.52 bits per heavy atom. The predicted octanol–water partition coefficient (Wildman–Crippen LogP) is 4.63. The summed E-state index contributed by atoms with van der Waals surface area (Å²) in [4.78, 5) is 27.0. The minimum absolute atomic E-state index is 0.0301. The van der Waals surface area contributed by atoms with E-state index in [0.29, 0.717) is 43.3 Å². The largest absolute Gasteiger partial charge is 0.454 e. The van der Waals surface area contributed by atoms with E-state index in [1.807, 2.05) is 67.4 Å². The average Bonchev–Trinajstić information content (AvgIpc) is 3.42. The highest BCUT2D eigenvalue weighted by molar-refractivity contribution is 5.94. The zero-order chi connectivity index (χ0) is 22.2. The third-order valence-electron chi connectivity index (χ3n) is 5.10. The van der Waals surface area contributed by atoms with Gasteiger partial charge in [0.05, 0.1) is 13.1 Å². The van der Waals surface area contributed by atoms with E-state index < -0.39 is 0 Å². The fourth-order valence-electron chi connectivity index (χ4n) is 3.42. The Labute approximate surface area is 183 Å². The fourth-order valence-corrected chi connectivity index (χ4v) is 3.42. The molecule has 0 bridgehead atoms. The summed E-state index contributed by atoms with van der Waals surface area (Å²) in [6.45, 7) is 8.41. The molecule has 0 aliphatic rings.